The van der Waals surface area contributed by atoms with E-state index in [9.17, 15) is 4.39 Å². The molecule has 0 spiro atoms. The van der Waals surface area contributed by atoms with E-state index in [2.05, 4.69) is 0 Å². The first-order chi connectivity index (χ1) is 9.09. The van der Waals surface area contributed by atoms with Gasteiger partial charge >= 0.3 is 0 Å². The predicted molar refractivity (Wildman–Crippen MR) is 74.6 cm³/mol. The minimum absolute atomic E-state index is 0.0500. The summed E-state index contributed by atoms with van der Waals surface area (Å²) in [7, 11) is 0. The molecule has 0 aliphatic carbocycles. The highest BCUT2D eigenvalue weighted by Crippen LogP contribution is 2.29. The third-order valence-corrected chi connectivity index (χ3v) is 2.86. The van der Waals surface area contributed by atoms with Crippen LogP contribution in [0.5, 0.6) is 5.75 Å². The molecule has 1 atom stereocenters. The Kier molecular flexibility index (Phi) is 4.17. The van der Waals surface area contributed by atoms with Crippen LogP contribution < -0.4 is 10.5 Å². The number of nitrogens with two attached hydrogens (primary N) is 1. The first-order valence-corrected chi connectivity index (χ1v) is 6.35. The minimum Gasteiger partial charge on any atom is -0.491 e. The molecule has 0 bridgehead atoms. The molecule has 2 N–H and O–H groups in total. The van der Waals surface area contributed by atoms with E-state index in [-0.39, 0.29) is 11.9 Å². The third-order valence-electron chi connectivity index (χ3n) is 2.86. The quantitative estimate of drug-likeness (QED) is 0.909. The van der Waals surface area contributed by atoms with Crippen LogP contribution in [0.25, 0.3) is 0 Å². The van der Waals surface area contributed by atoms with Crippen LogP contribution in [0.1, 0.15) is 31.0 Å². The number of ether oxygens (including phenoxy) is 1. The number of rotatable bonds is 4. The molecule has 0 fully saturated rings. The SMILES string of the molecule is CC(C)Oc1ccccc1C(N)c1ccccc1F. The molecule has 0 saturated carbocycles. The highest BCUT2D eigenvalue weighted by molar-refractivity contribution is 5.41. The third kappa shape index (κ3) is 3.12. The highest BCUT2D eigenvalue weighted by Gasteiger charge is 2.17. The van der Waals surface area contributed by atoms with Crippen molar-refractivity contribution >= 4 is 0 Å². The Hall–Kier alpha value is -1.87. The summed E-state index contributed by atoms with van der Waals surface area (Å²) in [6, 6.07) is 13.5. The van der Waals surface area contributed by atoms with Gasteiger partial charge in [-0.2, -0.15) is 0 Å². The van der Waals surface area contributed by atoms with E-state index in [1.807, 2.05) is 38.1 Å². The fourth-order valence-corrected chi connectivity index (χ4v) is 1.99. The molecular weight excluding hydrogens is 241 g/mol. The van der Waals surface area contributed by atoms with Gasteiger partial charge in [-0.25, -0.2) is 4.39 Å². The zero-order chi connectivity index (χ0) is 13.8. The molecule has 3 heteroatoms. The number of hydrogen-bond donors (Lipinski definition) is 1. The lowest BCUT2D eigenvalue weighted by Gasteiger charge is -2.19. The van der Waals surface area contributed by atoms with E-state index < -0.39 is 6.04 Å². The molecule has 0 heterocycles. The van der Waals surface area contributed by atoms with Crippen molar-refractivity contribution in [2.45, 2.75) is 26.0 Å². The first-order valence-electron chi connectivity index (χ1n) is 6.35. The van der Waals surface area contributed by atoms with Crippen molar-refractivity contribution < 1.29 is 9.13 Å². The molecule has 0 saturated heterocycles. The topological polar surface area (TPSA) is 35.2 Å². The van der Waals surface area contributed by atoms with E-state index in [0.717, 1.165) is 5.56 Å². The molecule has 1 unspecified atom stereocenters. The Morgan fingerprint density at radius 1 is 0.947 bits per heavy atom. The molecule has 2 aromatic carbocycles. The maximum atomic E-state index is 13.8. The number of hydrogen-bond acceptors (Lipinski definition) is 2. The summed E-state index contributed by atoms with van der Waals surface area (Å²) in [5, 5.41) is 0. The fraction of sp³-hybridized carbons (Fsp3) is 0.250. The van der Waals surface area contributed by atoms with Crippen molar-refractivity contribution in [1.82, 2.24) is 0 Å². The lowest BCUT2D eigenvalue weighted by atomic mass is 9.98. The molecular formula is C16H18FNO. The largest absolute Gasteiger partial charge is 0.491 e. The number of benzene rings is 2. The molecule has 2 rings (SSSR count). The highest BCUT2D eigenvalue weighted by atomic mass is 19.1. The van der Waals surface area contributed by atoms with Crippen LogP contribution in [-0.2, 0) is 0 Å². The Labute approximate surface area is 113 Å². The molecule has 0 aliphatic heterocycles. The normalized spacial score (nSPS) is 12.5. The van der Waals surface area contributed by atoms with Gasteiger partial charge in [0.2, 0.25) is 0 Å². The first kappa shape index (κ1) is 13.6. The van der Waals surface area contributed by atoms with Crippen molar-refractivity contribution in [3.05, 3.63) is 65.5 Å². The second kappa shape index (κ2) is 5.85. The summed E-state index contributed by atoms with van der Waals surface area (Å²) < 4.78 is 19.5. The van der Waals surface area contributed by atoms with Crippen LogP contribution in [0, 0.1) is 5.82 Å². The summed E-state index contributed by atoms with van der Waals surface area (Å²) in [6.45, 7) is 3.90. The smallest absolute Gasteiger partial charge is 0.128 e. The van der Waals surface area contributed by atoms with Crippen molar-refractivity contribution in [3.8, 4) is 5.75 Å². The van der Waals surface area contributed by atoms with Gasteiger partial charge in [0.25, 0.3) is 0 Å². The van der Waals surface area contributed by atoms with Gasteiger partial charge in [-0.3, -0.25) is 0 Å². The van der Waals surface area contributed by atoms with Gasteiger partial charge in [-0.15, -0.1) is 0 Å². The molecule has 0 amide bonds. The second-order valence-electron chi connectivity index (χ2n) is 4.70. The number of halogens is 1. The Morgan fingerprint density at radius 3 is 2.16 bits per heavy atom. The van der Waals surface area contributed by atoms with Crippen molar-refractivity contribution in [3.63, 3.8) is 0 Å². The van der Waals surface area contributed by atoms with Crippen molar-refractivity contribution in [2.75, 3.05) is 0 Å². The zero-order valence-corrected chi connectivity index (χ0v) is 11.1. The van der Waals surface area contributed by atoms with Gasteiger partial charge in [0.05, 0.1) is 12.1 Å². The number of para-hydroxylation sites is 1. The van der Waals surface area contributed by atoms with E-state index >= 15 is 0 Å². The Balaban J connectivity index is 2.39. The van der Waals surface area contributed by atoms with Crippen LogP contribution >= 0.6 is 0 Å². The summed E-state index contributed by atoms with van der Waals surface area (Å²) in [5.74, 6) is 0.405. The van der Waals surface area contributed by atoms with Crippen LogP contribution in [0.4, 0.5) is 4.39 Å². The van der Waals surface area contributed by atoms with E-state index in [4.69, 9.17) is 10.5 Å². The van der Waals surface area contributed by atoms with Gasteiger partial charge in [0, 0.05) is 11.1 Å². The van der Waals surface area contributed by atoms with Crippen molar-refractivity contribution in [1.29, 1.82) is 0 Å². The zero-order valence-electron chi connectivity index (χ0n) is 11.1. The minimum atomic E-state index is -0.531. The van der Waals surface area contributed by atoms with Crippen molar-refractivity contribution in [2.24, 2.45) is 5.73 Å². The Morgan fingerprint density at radius 2 is 1.53 bits per heavy atom. The van der Waals surface area contributed by atoms with Gasteiger partial charge in [0.1, 0.15) is 11.6 Å². The average molecular weight is 259 g/mol. The van der Waals surface area contributed by atoms with E-state index in [1.165, 1.54) is 6.07 Å². The molecule has 2 nitrogen and oxygen atoms in total. The standard InChI is InChI=1S/C16H18FNO/c1-11(2)19-15-10-6-4-8-13(15)16(18)12-7-3-5-9-14(12)17/h3-11,16H,18H2,1-2H3. The van der Waals surface area contributed by atoms with Gasteiger partial charge in [-0.1, -0.05) is 36.4 Å². The summed E-state index contributed by atoms with van der Waals surface area (Å²) >= 11 is 0. The maximum absolute atomic E-state index is 13.8. The van der Waals surface area contributed by atoms with E-state index in [0.29, 0.717) is 11.3 Å². The average Bonchev–Trinajstić information content (AvgIpc) is 2.38. The summed E-state index contributed by atoms with van der Waals surface area (Å²) in [6.07, 6.45) is 0.0500. The van der Waals surface area contributed by atoms with Crippen LogP contribution in [0.15, 0.2) is 48.5 Å². The van der Waals surface area contributed by atoms with Gasteiger partial charge in [-0.05, 0) is 26.0 Å². The lowest BCUT2D eigenvalue weighted by Crippen LogP contribution is -2.16. The molecule has 2 aromatic rings. The summed E-state index contributed by atoms with van der Waals surface area (Å²) in [4.78, 5) is 0. The van der Waals surface area contributed by atoms with Crippen LogP contribution in [0.3, 0.4) is 0 Å². The predicted octanol–water partition coefficient (Wildman–Crippen LogP) is 3.66. The van der Waals surface area contributed by atoms with E-state index in [1.54, 1.807) is 18.2 Å². The van der Waals surface area contributed by atoms with Crippen LogP contribution in [-0.4, -0.2) is 6.10 Å². The van der Waals surface area contributed by atoms with Gasteiger partial charge in [0.15, 0.2) is 0 Å². The summed E-state index contributed by atoms with van der Waals surface area (Å²) in [5.41, 5.74) is 7.44. The molecule has 19 heavy (non-hydrogen) atoms. The molecule has 0 aliphatic rings. The molecule has 0 radical (unpaired) electrons. The maximum Gasteiger partial charge on any atom is 0.128 e. The van der Waals surface area contributed by atoms with Gasteiger partial charge < -0.3 is 10.5 Å². The molecule has 100 valence electrons. The molecule has 0 aromatic heterocycles. The lowest BCUT2D eigenvalue weighted by molar-refractivity contribution is 0.239. The second-order valence-corrected chi connectivity index (χ2v) is 4.70. The Bertz CT molecular complexity index is 554. The fourth-order valence-electron chi connectivity index (χ4n) is 1.99. The van der Waals surface area contributed by atoms with Crippen LogP contribution in [0.2, 0.25) is 0 Å². The monoisotopic (exact) mass is 259 g/mol.